The lowest BCUT2D eigenvalue weighted by atomic mass is 10.1. The fourth-order valence-electron chi connectivity index (χ4n) is 3.00. The molecule has 32 heavy (non-hydrogen) atoms. The fraction of sp³-hybridized carbons (Fsp3) is 0.227. The molecule has 0 bridgehead atoms. The number of ether oxygens (including phenoxy) is 2. The van der Waals surface area contributed by atoms with Crippen molar-refractivity contribution >= 4 is 63.5 Å². The number of hydrogen-bond acceptors (Lipinski definition) is 7. The Morgan fingerprint density at radius 1 is 1.22 bits per heavy atom. The van der Waals surface area contributed by atoms with Crippen LogP contribution in [0.5, 0.6) is 17.2 Å². The zero-order valence-corrected chi connectivity index (χ0v) is 19.8. The van der Waals surface area contributed by atoms with Crippen molar-refractivity contribution in [3.05, 3.63) is 51.9 Å². The lowest BCUT2D eigenvalue weighted by Gasteiger charge is -2.14. The Morgan fingerprint density at radius 3 is 2.44 bits per heavy atom. The first-order valence-corrected chi connectivity index (χ1v) is 11.2. The van der Waals surface area contributed by atoms with E-state index >= 15 is 0 Å². The first-order chi connectivity index (χ1) is 15.3. The number of phenolic OH excluding ortho intramolecular Hbond substituents is 1. The molecule has 2 aromatic carbocycles. The van der Waals surface area contributed by atoms with E-state index in [-0.39, 0.29) is 35.5 Å². The number of amides is 2. The van der Waals surface area contributed by atoms with Crippen LogP contribution in [0.3, 0.4) is 0 Å². The fourth-order valence-corrected chi connectivity index (χ4v) is 4.43. The maximum absolute atomic E-state index is 12.8. The summed E-state index contributed by atoms with van der Waals surface area (Å²) in [6.07, 6.45) is 2.36. The van der Waals surface area contributed by atoms with Crippen molar-refractivity contribution < 1.29 is 24.2 Å². The van der Waals surface area contributed by atoms with E-state index in [0.29, 0.717) is 38.5 Å². The number of nitrogens with one attached hydrogen (secondary N) is 1. The molecule has 2 N–H and O–H groups in total. The highest BCUT2D eigenvalue weighted by molar-refractivity contribution is 8.26. The van der Waals surface area contributed by atoms with Crippen molar-refractivity contribution in [1.29, 1.82) is 0 Å². The third-order valence-corrected chi connectivity index (χ3v) is 6.22. The summed E-state index contributed by atoms with van der Waals surface area (Å²) in [7, 11) is 2.86. The number of carbonyl (C=O) groups excluding carboxylic acids is 2. The van der Waals surface area contributed by atoms with E-state index in [9.17, 15) is 14.7 Å². The topological polar surface area (TPSA) is 88.1 Å². The maximum Gasteiger partial charge on any atom is 0.266 e. The summed E-state index contributed by atoms with van der Waals surface area (Å²) >= 11 is 12.4. The highest BCUT2D eigenvalue weighted by Crippen LogP contribution is 2.39. The van der Waals surface area contributed by atoms with Crippen LogP contribution in [0.2, 0.25) is 5.02 Å². The number of nitrogens with zero attached hydrogens (tertiary/aromatic N) is 1. The Balaban J connectivity index is 1.61. The minimum Gasteiger partial charge on any atom is -0.502 e. The zero-order chi connectivity index (χ0) is 23.3. The largest absolute Gasteiger partial charge is 0.502 e. The quantitative estimate of drug-likeness (QED) is 0.408. The van der Waals surface area contributed by atoms with Crippen LogP contribution in [0.4, 0.5) is 5.69 Å². The smallest absolute Gasteiger partial charge is 0.266 e. The number of halogens is 1. The molecule has 0 atom stereocenters. The number of methoxy groups -OCH3 is 2. The molecule has 3 rings (SSSR count). The maximum atomic E-state index is 12.8. The molecule has 7 nitrogen and oxygen atoms in total. The molecule has 1 aliphatic rings. The molecule has 1 aliphatic heterocycles. The van der Waals surface area contributed by atoms with E-state index in [1.165, 1.54) is 30.9 Å². The van der Waals surface area contributed by atoms with Crippen LogP contribution in [-0.2, 0) is 9.59 Å². The number of carbonyl (C=O) groups is 2. The van der Waals surface area contributed by atoms with Crippen molar-refractivity contribution in [3.63, 3.8) is 0 Å². The molecule has 1 heterocycles. The highest BCUT2D eigenvalue weighted by Gasteiger charge is 2.31. The summed E-state index contributed by atoms with van der Waals surface area (Å²) in [4.78, 5) is 26.9. The molecule has 10 heteroatoms. The van der Waals surface area contributed by atoms with Crippen LogP contribution in [0, 0.1) is 0 Å². The van der Waals surface area contributed by atoms with Crippen LogP contribution in [0.1, 0.15) is 18.4 Å². The molecule has 0 saturated carbocycles. The van der Waals surface area contributed by atoms with Gasteiger partial charge in [0.2, 0.25) is 11.7 Å². The molecule has 1 saturated heterocycles. The number of benzene rings is 2. The Morgan fingerprint density at radius 2 is 1.84 bits per heavy atom. The van der Waals surface area contributed by atoms with Crippen LogP contribution in [0.15, 0.2) is 41.3 Å². The first kappa shape index (κ1) is 23.9. The van der Waals surface area contributed by atoms with E-state index in [0.717, 1.165) is 0 Å². The minimum atomic E-state index is -0.232. The SMILES string of the molecule is COc1cc(/C=C2\SC(=S)N(CCCC(=O)Nc3ccc(Cl)cc3)C2=O)cc(OC)c1O. The molecule has 0 spiro atoms. The highest BCUT2D eigenvalue weighted by atomic mass is 35.5. The third kappa shape index (κ3) is 5.73. The van der Waals surface area contributed by atoms with E-state index < -0.39 is 0 Å². The van der Waals surface area contributed by atoms with Gasteiger partial charge < -0.3 is 19.9 Å². The van der Waals surface area contributed by atoms with Crippen molar-refractivity contribution in [2.75, 3.05) is 26.1 Å². The average Bonchev–Trinajstić information content (AvgIpc) is 3.03. The second kappa shape index (κ2) is 10.7. The lowest BCUT2D eigenvalue weighted by molar-refractivity contribution is -0.122. The monoisotopic (exact) mass is 492 g/mol. The molecular formula is C22H21ClN2O5S2. The van der Waals surface area contributed by atoms with E-state index in [1.54, 1.807) is 42.5 Å². The van der Waals surface area contributed by atoms with Crippen molar-refractivity contribution in [1.82, 2.24) is 4.90 Å². The van der Waals surface area contributed by atoms with Crippen molar-refractivity contribution in [2.45, 2.75) is 12.8 Å². The van der Waals surface area contributed by atoms with Crippen LogP contribution in [0.25, 0.3) is 6.08 Å². The van der Waals surface area contributed by atoms with Crippen LogP contribution >= 0.6 is 35.6 Å². The number of phenols is 1. The summed E-state index contributed by atoms with van der Waals surface area (Å²) in [6.45, 7) is 0.332. The third-order valence-electron chi connectivity index (χ3n) is 4.59. The second-order valence-electron chi connectivity index (χ2n) is 6.77. The van der Waals surface area contributed by atoms with Gasteiger partial charge in [-0.05, 0) is 54.5 Å². The van der Waals surface area contributed by atoms with E-state index in [4.69, 9.17) is 33.3 Å². The molecule has 2 amide bonds. The summed E-state index contributed by atoms with van der Waals surface area (Å²) in [5.74, 6) is -0.0344. The van der Waals surface area contributed by atoms with Gasteiger partial charge in [0.15, 0.2) is 11.5 Å². The number of thioether (sulfide) groups is 1. The predicted molar refractivity (Wildman–Crippen MR) is 130 cm³/mol. The molecule has 0 radical (unpaired) electrons. The van der Waals surface area contributed by atoms with Gasteiger partial charge in [0.25, 0.3) is 5.91 Å². The summed E-state index contributed by atoms with van der Waals surface area (Å²) in [5.41, 5.74) is 1.28. The summed E-state index contributed by atoms with van der Waals surface area (Å²) in [6, 6.07) is 10.0. The van der Waals surface area contributed by atoms with Gasteiger partial charge in [-0.2, -0.15) is 0 Å². The normalized spacial score (nSPS) is 14.7. The molecule has 0 aliphatic carbocycles. The Hall–Kier alpha value is -2.75. The van der Waals surface area contributed by atoms with Crippen LogP contribution < -0.4 is 14.8 Å². The zero-order valence-electron chi connectivity index (χ0n) is 17.4. The standard InChI is InChI=1S/C22H21ClN2O5S2/c1-29-16-10-13(11-17(30-2)20(16)27)12-18-21(28)25(22(31)32-18)9-3-4-19(26)24-15-7-5-14(23)6-8-15/h5-8,10-12,27H,3-4,9H2,1-2H3,(H,24,26)/b18-12-. The van der Waals surface area contributed by atoms with Gasteiger partial charge in [0.1, 0.15) is 4.32 Å². The number of hydrogen-bond donors (Lipinski definition) is 2. The number of aromatic hydroxyl groups is 1. The molecule has 2 aromatic rings. The second-order valence-corrected chi connectivity index (χ2v) is 8.88. The molecule has 1 fully saturated rings. The van der Waals surface area contributed by atoms with Gasteiger partial charge in [0, 0.05) is 23.7 Å². The van der Waals surface area contributed by atoms with Crippen molar-refractivity contribution in [3.8, 4) is 17.2 Å². The number of rotatable bonds is 8. The van der Waals surface area contributed by atoms with Crippen molar-refractivity contribution in [2.24, 2.45) is 0 Å². The summed E-state index contributed by atoms with van der Waals surface area (Å²) in [5, 5.41) is 13.4. The van der Waals surface area contributed by atoms with Gasteiger partial charge in [-0.1, -0.05) is 35.6 Å². The summed E-state index contributed by atoms with van der Waals surface area (Å²) < 4.78 is 10.7. The van der Waals surface area contributed by atoms with Gasteiger partial charge in [-0.15, -0.1) is 0 Å². The molecule has 0 aromatic heterocycles. The Kier molecular flexibility index (Phi) is 8.00. The minimum absolute atomic E-state index is 0.114. The van der Waals surface area contributed by atoms with Gasteiger partial charge in [-0.25, -0.2) is 0 Å². The first-order valence-electron chi connectivity index (χ1n) is 9.58. The van der Waals surface area contributed by atoms with Crippen LogP contribution in [-0.4, -0.2) is 46.9 Å². The number of thiocarbonyl (C=S) groups is 1. The Bertz CT molecular complexity index is 1050. The van der Waals surface area contributed by atoms with Gasteiger partial charge >= 0.3 is 0 Å². The van der Waals surface area contributed by atoms with Gasteiger partial charge in [0.05, 0.1) is 19.1 Å². The van der Waals surface area contributed by atoms with E-state index in [2.05, 4.69) is 5.32 Å². The molecular weight excluding hydrogens is 472 g/mol. The lowest BCUT2D eigenvalue weighted by Crippen LogP contribution is -2.29. The average molecular weight is 493 g/mol. The predicted octanol–water partition coefficient (Wildman–Crippen LogP) is 4.68. The van der Waals surface area contributed by atoms with Gasteiger partial charge in [-0.3, -0.25) is 14.5 Å². The molecule has 168 valence electrons. The Labute approximate surface area is 200 Å². The van der Waals surface area contributed by atoms with E-state index in [1.807, 2.05) is 0 Å². The number of anilines is 1. The molecule has 0 unspecified atom stereocenters.